The van der Waals surface area contributed by atoms with Crippen LogP contribution in [-0.2, 0) is 25.8 Å². The highest BCUT2D eigenvalue weighted by atomic mass is 19.4. The Labute approximate surface area is 135 Å². The van der Waals surface area contributed by atoms with Gasteiger partial charge in [0.05, 0.1) is 0 Å². The molecule has 0 spiro atoms. The van der Waals surface area contributed by atoms with Gasteiger partial charge in [-0.2, -0.15) is 31.4 Å². The third-order valence-electron chi connectivity index (χ3n) is 3.92. The van der Waals surface area contributed by atoms with E-state index in [4.69, 9.17) is 0 Å². The zero-order valence-corrected chi connectivity index (χ0v) is 13.5. The predicted molar refractivity (Wildman–Crippen MR) is 77.5 cm³/mol. The highest BCUT2D eigenvalue weighted by molar-refractivity contribution is 5.70. The summed E-state index contributed by atoms with van der Waals surface area (Å²) in [5.41, 5.74) is -2.07. The average molecular weight is 350 g/mol. The summed E-state index contributed by atoms with van der Waals surface area (Å²) in [5.74, 6) is 0. The summed E-state index contributed by atoms with van der Waals surface area (Å²) in [6.45, 7) is 5.19. The summed E-state index contributed by atoms with van der Waals surface area (Å²) in [7, 11) is 0.867. The molecule has 2 rings (SSSR count). The summed E-state index contributed by atoms with van der Waals surface area (Å²) >= 11 is 0. The molecule has 24 heavy (non-hydrogen) atoms. The Morgan fingerprint density at radius 3 is 2.00 bits per heavy atom. The van der Waals surface area contributed by atoms with Crippen LogP contribution in [0.4, 0.5) is 26.3 Å². The van der Waals surface area contributed by atoms with Crippen molar-refractivity contribution in [3.05, 3.63) is 40.1 Å². The quantitative estimate of drug-likeness (QED) is 0.672. The number of aryl methyl sites for hydroxylation is 4. The van der Waals surface area contributed by atoms with Crippen LogP contribution in [0, 0.1) is 13.8 Å². The number of rotatable bonds is 2. The average Bonchev–Trinajstić information content (AvgIpc) is 2.76. The van der Waals surface area contributed by atoms with E-state index in [2.05, 4.69) is 5.10 Å². The lowest BCUT2D eigenvalue weighted by Crippen LogP contribution is -2.19. The molecule has 0 N–H and O–H groups in total. The van der Waals surface area contributed by atoms with Gasteiger partial charge >= 0.3 is 12.4 Å². The fraction of sp³-hybridized carbons (Fsp3) is 0.438. The summed E-state index contributed by atoms with van der Waals surface area (Å²) in [5, 5.41) is 3.56. The molecule has 0 fully saturated rings. The molecule has 1 aromatic heterocycles. The third-order valence-corrected chi connectivity index (χ3v) is 3.92. The van der Waals surface area contributed by atoms with Crippen LogP contribution in [0.25, 0.3) is 11.3 Å². The summed E-state index contributed by atoms with van der Waals surface area (Å²) < 4.78 is 79.7. The van der Waals surface area contributed by atoms with Crippen molar-refractivity contribution in [2.75, 3.05) is 0 Å². The number of aromatic nitrogens is 2. The van der Waals surface area contributed by atoms with Gasteiger partial charge in [-0.3, -0.25) is 4.68 Å². The van der Waals surface area contributed by atoms with Gasteiger partial charge in [-0.05, 0) is 43.0 Å². The summed E-state index contributed by atoms with van der Waals surface area (Å²) in [6, 6.07) is 3.15. The SMILES string of the molecule is CCc1cc(-c2nn(C)c(C(F)(F)F)c2C(F)(F)F)c(C)cc1C. The normalized spacial score (nSPS) is 12.8. The first kappa shape index (κ1) is 18.4. The van der Waals surface area contributed by atoms with Gasteiger partial charge in [-0.1, -0.05) is 13.0 Å². The third kappa shape index (κ3) is 3.14. The lowest BCUT2D eigenvalue weighted by atomic mass is 9.94. The van der Waals surface area contributed by atoms with Crippen molar-refractivity contribution in [1.29, 1.82) is 0 Å². The lowest BCUT2D eigenvalue weighted by molar-refractivity contribution is -0.165. The zero-order chi connectivity index (χ0) is 18.4. The van der Waals surface area contributed by atoms with Crippen LogP contribution in [0.2, 0.25) is 0 Å². The Kier molecular flexibility index (Phi) is 4.45. The van der Waals surface area contributed by atoms with Crippen molar-refractivity contribution in [2.45, 2.75) is 39.5 Å². The molecular weight excluding hydrogens is 334 g/mol. The first-order chi connectivity index (χ1) is 10.9. The maximum absolute atomic E-state index is 13.4. The molecule has 0 bridgehead atoms. The van der Waals surface area contributed by atoms with Crippen molar-refractivity contribution >= 4 is 0 Å². The second-order valence-corrected chi connectivity index (χ2v) is 5.64. The molecule has 0 radical (unpaired) electrons. The number of hydrogen-bond donors (Lipinski definition) is 0. The first-order valence-corrected chi connectivity index (χ1v) is 7.19. The molecule has 0 aliphatic heterocycles. The molecule has 0 unspecified atom stereocenters. The summed E-state index contributed by atoms with van der Waals surface area (Å²) in [6.07, 6.45) is -9.77. The van der Waals surface area contributed by atoms with E-state index in [0.717, 1.165) is 18.2 Å². The van der Waals surface area contributed by atoms with Gasteiger partial charge < -0.3 is 0 Å². The second-order valence-electron chi connectivity index (χ2n) is 5.64. The Bertz CT molecular complexity index is 768. The van der Waals surface area contributed by atoms with Crippen LogP contribution in [0.5, 0.6) is 0 Å². The van der Waals surface area contributed by atoms with Gasteiger partial charge in [0.2, 0.25) is 0 Å². The Hall–Kier alpha value is -1.99. The number of nitrogens with zero attached hydrogens (tertiary/aromatic N) is 2. The van der Waals surface area contributed by atoms with E-state index in [-0.39, 0.29) is 10.2 Å². The lowest BCUT2D eigenvalue weighted by Gasteiger charge is -2.14. The molecule has 1 aromatic carbocycles. The van der Waals surface area contributed by atoms with Gasteiger partial charge in [0.1, 0.15) is 11.3 Å². The van der Waals surface area contributed by atoms with Crippen molar-refractivity contribution < 1.29 is 26.3 Å². The Balaban J connectivity index is 2.87. The van der Waals surface area contributed by atoms with Gasteiger partial charge in [-0.15, -0.1) is 0 Å². The molecule has 2 aromatic rings. The maximum Gasteiger partial charge on any atom is 0.433 e. The topological polar surface area (TPSA) is 17.8 Å². The van der Waals surface area contributed by atoms with Crippen LogP contribution in [0.3, 0.4) is 0 Å². The van der Waals surface area contributed by atoms with E-state index in [1.54, 1.807) is 19.9 Å². The molecule has 8 heteroatoms. The van der Waals surface area contributed by atoms with Crippen molar-refractivity contribution in [2.24, 2.45) is 7.05 Å². The largest absolute Gasteiger partial charge is 0.433 e. The van der Waals surface area contributed by atoms with Crippen LogP contribution in [-0.4, -0.2) is 9.78 Å². The Morgan fingerprint density at radius 1 is 0.958 bits per heavy atom. The molecule has 2 nitrogen and oxygen atoms in total. The summed E-state index contributed by atoms with van der Waals surface area (Å²) in [4.78, 5) is 0. The smallest absolute Gasteiger partial charge is 0.262 e. The van der Waals surface area contributed by atoms with E-state index >= 15 is 0 Å². The number of halogens is 6. The molecule has 0 saturated carbocycles. The van der Waals surface area contributed by atoms with Gasteiger partial charge in [0, 0.05) is 12.6 Å². The van der Waals surface area contributed by atoms with E-state index in [9.17, 15) is 26.3 Å². The van der Waals surface area contributed by atoms with Crippen molar-refractivity contribution in [1.82, 2.24) is 9.78 Å². The molecule has 0 saturated heterocycles. The zero-order valence-electron chi connectivity index (χ0n) is 13.5. The van der Waals surface area contributed by atoms with Crippen molar-refractivity contribution in [3.63, 3.8) is 0 Å². The minimum atomic E-state index is -5.17. The van der Waals surface area contributed by atoms with Crippen LogP contribution < -0.4 is 0 Å². The highest BCUT2D eigenvalue weighted by Crippen LogP contribution is 2.45. The predicted octanol–water partition coefficient (Wildman–Crippen LogP) is 5.30. The first-order valence-electron chi connectivity index (χ1n) is 7.19. The molecule has 0 atom stereocenters. The number of hydrogen-bond acceptors (Lipinski definition) is 1. The molecule has 1 heterocycles. The van der Waals surface area contributed by atoms with E-state index < -0.39 is 29.3 Å². The maximum atomic E-state index is 13.4. The van der Waals surface area contributed by atoms with E-state index in [0.29, 0.717) is 12.0 Å². The van der Waals surface area contributed by atoms with Gasteiger partial charge in [0.25, 0.3) is 0 Å². The standard InChI is InChI=1S/C16H16F6N2/c1-5-10-7-11(9(3)6-8(10)2)13-12(15(17,18)19)14(16(20,21)22)24(4)23-13/h6-7H,5H2,1-4H3. The molecule has 0 aliphatic carbocycles. The van der Waals surface area contributed by atoms with Crippen LogP contribution in [0.1, 0.15) is 34.9 Å². The monoisotopic (exact) mass is 350 g/mol. The van der Waals surface area contributed by atoms with Crippen molar-refractivity contribution in [3.8, 4) is 11.3 Å². The van der Waals surface area contributed by atoms with Gasteiger partial charge in [0.15, 0.2) is 5.69 Å². The van der Waals surface area contributed by atoms with Gasteiger partial charge in [-0.25, -0.2) is 0 Å². The fourth-order valence-corrected chi connectivity index (χ4v) is 2.84. The fourth-order valence-electron chi connectivity index (χ4n) is 2.84. The van der Waals surface area contributed by atoms with Crippen LogP contribution in [0.15, 0.2) is 12.1 Å². The number of benzene rings is 1. The molecular formula is C16H16F6N2. The molecule has 132 valence electrons. The van der Waals surface area contributed by atoms with E-state index in [1.165, 1.54) is 6.07 Å². The second kappa shape index (κ2) is 5.82. The van der Waals surface area contributed by atoms with E-state index in [1.807, 2.05) is 6.92 Å². The minimum absolute atomic E-state index is 0.0656. The highest BCUT2D eigenvalue weighted by Gasteiger charge is 2.49. The van der Waals surface area contributed by atoms with Crippen LogP contribution >= 0.6 is 0 Å². The molecule has 0 amide bonds. The minimum Gasteiger partial charge on any atom is -0.262 e. The molecule has 0 aliphatic rings. The number of alkyl halides is 6. The Morgan fingerprint density at radius 2 is 1.54 bits per heavy atom.